The van der Waals surface area contributed by atoms with Crippen LogP contribution in [0.15, 0.2) is 0 Å². The Labute approximate surface area is 113 Å². The number of halogens is 1. The molecule has 0 fully saturated rings. The maximum atomic E-state index is 5.97. The van der Waals surface area contributed by atoms with Crippen LogP contribution in [0.3, 0.4) is 0 Å². The first kappa shape index (κ1) is 19.5. The van der Waals surface area contributed by atoms with Crippen LogP contribution in [0, 0.1) is 0 Å². The lowest BCUT2D eigenvalue weighted by Gasteiger charge is -2.25. The lowest BCUT2D eigenvalue weighted by Crippen LogP contribution is -2.43. The summed E-state index contributed by atoms with van der Waals surface area (Å²) in [4.78, 5) is 4.80. The van der Waals surface area contributed by atoms with Crippen molar-refractivity contribution in [3.63, 3.8) is 0 Å². The van der Waals surface area contributed by atoms with Crippen molar-refractivity contribution in [1.82, 2.24) is 14.8 Å². The Hall–Kier alpha value is 0.130. The Morgan fingerprint density at radius 1 is 0.647 bits per heavy atom. The molecule has 106 valence electrons. The number of rotatable bonds is 10. The van der Waals surface area contributed by atoms with E-state index in [4.69, 9.17) is 5.84 Å². The van der Waals surface area contributed by atoms with Crippen LogP contribution in [0.4, 0.5) is 0 Å². The summed E-state index contributed by atoms with van der Waals surface area (Å²) in [6.07, 6.45) is 0. The highest BCUT2D eigenvalue weighted by Gasteiger charge is 2.05. The molecule has 0 saturated carbocycles. The average molecular weight is 267 g/mol. The van der Waals surface area contributed by atoms with Crippen molar-refractivity contribution in [3.05, 3.63) is 0 Å². The molecule has 5 heteroatoms. The lowest BCUT2D eigenvalue weighted by molar-refractivity contribution is 0.188. The fraction of sp³-hybridized carbons (Fsp3) is 1.00. The molecule has 4 nitrogen and oxygen atoms in total. The maximum absolute atomic E-state index is 5.97. The van der Waals surface area contributed by atoms with Gasteiger partial charge < -0.3 is 9.80 Å². The van der Waals surface area contributed by atoms with Crippen molar-refractivity contribution in [2.75, 3.05) is 52.4 Å². The Morgan fingerprint density at radius 2 is 0.941 bits per heavy atom. The highest BCUT2D eigenvalue weighted by Crippen LogP contribution is 1.90. The number of nitrogens with zero attached hydrogens (tertiary/aromatic N) is 3. The first-order valence-corrected chi connectivity index (χ1v) is 6.62. The van der Waals surface area contributed by atoms with Crippen LogP contribution < -0.4 is 5.84 Å². The first-order chi connectivity index (χ1) is 7.67. The van der Waals surface area contributed by atoms with E-state index in [1.165, 1.54) is 0 Å². The normalized spacial score (nSPS) is 11.3. The van der Waals surface area contributed by atoms with Crippen LogP contribution >= 0.6 is 12.4 Å². The van der Waals surface area contributed by atoms with E-state index in [-0.39, 0.29) is 12.4 Å². The van der Waals surface area contributed by atoms with Gasteiger partial charge in [0, 0.05) is 26.2 Å². The number of nitrogens with two attached hydrogens (primary N) is 1. The molecule has 0 aromatic heterocycles. The van der Waals surface area contributed by atoms with E-state index >= 15 is 0 Å². The molecule has 0 bridgehead atoms. The fourth-order valence-corrected chi connectivity index (χ4v) is 1.73. The van der Waals surface area contributed by atoms with Crippen LogP contribution in [0.5, 0.6) is 0 Å². The van der Waals surface area contributed by atoms with Gasteiger partial charge >= 0.3 is 0 Å². The van der Waals surface area contributed by atoms with Crippen molar-refractivity contribution in [3.8, 4) is 0 Å². The third-order valence-electron chi connectivity index (χ3n) is 3.20. The zero-order valence-electron chi connectivity index (χ0n) is 12.0. The molecule has 0 aromatic carbocycles. The molecule has 0 saturated heterocycles. The van der Waals surface area contributed by atoms with Gasteiger partial charge in [-0.3, -0.25) is 5.84 Å². The quantitative estimate of drug-likeness (QED) is 0.477. The smallest absolute Gasteiger partial charge is 0.0257 e. The second-order valence-electron chi connectivity index (χ2n) is 4.09. The van der Waals surface area contributed by atoms with Gasteiger partial charge in [0.05, 0.1) is 0 Å². The average Bonchev–Trinajstić information content (AvgIpc) is 2.31. The molecule has 2 N–H and O–H groups in total. The third kappa shape index (κ3) is 9.80. The van der Waals surface area contributed by atoms with Crippen molar-refractivity contribution in [1.29, 1.82) is 0 Å². The molecule has 0 aliphatic heterocycles. The van der Waals surface area contributed by atoms with Crippen LogP contribution in [0.25, 0.3) is 0 Å². The van der Waals surface area contributed by atoms with E-state index in [0.29, 0.717) is 0 Å². The van der Waals surface area contributed by atoms with Crippen LogP contribution in [-0.4, -0.2) is 67.2 Å². The molecule has 0 aliphatic carbocycles. The van der Waals surface area contributed by atoms with Gasteiger partial charge in [0.2, 0.25) is 0 Å². The molecule has 0 amide bonds. The van der Waals surface area contributed by atoms with Crippen LogP contribution in [0.1, 0.15) is 27.7 Å². The second-order valence-corrected chi connectivity index (χ2v) is 4.09. The van der Waals surface area contributed by atoms with E-state index in [0.717, 1.165) is 52.4 Å². The van der Waals surface area contributed by atoms with Crippen molar-refractivity contribution in [2.45, 2.75) is 27.7 Å². The van der Waals surface area contributed by atoms with Gasteiger partial charge in [-0.2, -0.15) is 0 Å². The summed E-state index contributed by atoms with van der Waals surface area (Å²) in [6.45, 7) is 17.3. The summed E-state index contributed by atoms with van der Waals surface area (Å²) in [7, 11) is 0. The Morgan fingerprint density at radius 3 is 1.18 bits per heavy atom. The SMILES string of the molecule is CCN(CC)CCN(N)CCN(CC)CC.Cl. The van der Waals surface area contributed by atoms with Gasteiger partial charge in [0.25, 0.3) is 0 Å². The molecular formula is C12H31ClN4. The van der Waals surface area contributed by atoms with Crippen LogP contribution in [-0.2, 0) is 0 Å². The fourth-order valence-electron chi connectivity index (χ4n) is 1.73. The summed E-state index contributed by atoms with van der Waals surface area (Å²) in [5.41, 5.74) is 0. The minimum absolute atomic E-state index is 0. The van der Waals surface area contributed by atoms with Gasteiger partial charge in [-0.05, 0) is 26.2 Å². The summed E-state index contributed by atoms with van der Waals surface area (Å²) in [5.74, 6) is 5.97. The van der Waals surface area contributed by atoms with Crippen molar-refractivity contribution < 1.29 is 0 Å². The summed E-state index contributed by atoms with van der Waals surface area (Å²) in [5, 5.41) is 1.94. The molecule has 0 atom stereocenters. The van der Waals surface area contributed by atoms with E-state index < -0.39 is 0 Å². The monoisotopic (exact) mass is 266 g/mol. The third-order valence-corrected chi connectivity index (χ3v) is 3.20. The Kier molecular flexibility index (Phi) is 14.4. The molecule has 0 spiro atoms. The van der Waals surface area contributed by atoms with E-state index in [1.54, 1.807) is 0 Å². The molecule has 17 heavy (non-hydrogen) atoms. The standard InChI is InChI=1S/C12H30N4.ClH/c1-5-14(6-2)9-11-16(13)12-10-15(7-3)8-4;/h5-13H2,1-4H3;1H. The first-order valence-electron chi connectivity index (χ1n) is 6.62. The predicted octanol–water partition coefficient (Wildman–Crippen LogP) is 1.27. The van der Waals surface area contributed by atoms with Gasteiger partial charge in [-0.15, -0.1) is 12.4 Å². The zero-order chi connectivity index (χ0) is 12.4. The number of hydrogen-bond donors (Lipinski definition) is 1. The number of hydrogen-bond acceptors (Lipinski definition) is 4. The number of likely N-dealkylation sites (N-methyl/N-ethyl adjacent to an activating group) is 2. The molecule has 0 aromatic rings. The van der Waals surface area contributed by atoms with E-state index in [1.807, 2.05) is 5.01 Å². The van der Waals surface area contributed by atoms with Gasteiger partial charge in [-0.25, -0.2) is 5.01 Å². The zero-order valence-corrected chi connectivity index (χ0v) is 12.8. The molecular weight excluding hydrogens is 236 g/mol. The summed E-state index contributed by atoms with van der Waals surface area (Å²) >= 11 is 0. The molecule has 0 heterocycles. The summed E-state index contributed by atoms with van der Waals surface area (Å²) < 4.78 is 0. The minimum atomic E-state index is 0. The topological polar surface area (TPSA) is 35.7 Å². The molecule has 0 unspecified atom stereocenters. The summed E-state index contributed by atoms with van der Waals surface area (Å²) in [6, 6.07) is 0. The minimum Gasteiger partial charge on any atom is -0.303 e. The molecule has 0 rings (SSSR count). The Balaban J connectivity index is 0. The second kappa shape index (κ2) is 12.6. The van der Waals surface area contributed by atoms with Crippen LogP contribution in [0.2, 0.25) is 0 Å². The highest BCUT2D eigenvalue weighted by molar-refractivity contribution is 5.85. The Bertz CT molecular complexity index is 133. The van der Waals surface area contributed by atoms with E-state index in [9.17, 15) is 0 Å². The predicted molar refractivity (Wildman–Crippen MR) is 78.6 cm³/mol. The van der Waals surface area contributed by atoms with Gasteiger partial charge in [0.1, 0.15) is 0 Å². The largest absolute Gasteiger partial charge is 0.303 e. The molecule has 0 aliphatic rings. The van der Waals surface area contributed by atoms with E-state index in [2.05, 4.69) is 37.5 Å². The molecule has 0 radical (unpaired) electrons. The van der Waals surface area contributed by atoms with Gasteiger partial charge in [-0.1, -0.05) is 27.7 Å². The van der Waals surface area contributed by atoms with Gasteiger partial charge in [0.15, 0.2) is 0 Å². The van der Waals surface area contributed by atoms with Crippen molar-refractivity contribution in [2.24, 2.45) is 5.84 Å². The lowest BCUT2D eigenvalue weighted by atomic mass is 10.4. The maximum Gasteiger partial charge on any atom is 0.0257 e. The number of hydrazine groups is 1. The highest BCUT2D eigenvalue weighted by atomic mass is 35.5. The van der Waals surface area contributed by atoms with Crippen molar-refractivity contribution >= 4 is 12.4 Å².